The van der Waals surface area contributed by atoms with E-state index in [4.69, 9.17) is 17.0 Å². The van der Waals surface area contributed by atoms with Crippen LogP contribution in [-0.4, -0.2) is 34.5 Å². The summed E-state index contributed by atoms with van der Waals surface area (Å²) in [6.45, 7) is 1.43. The molecule has 1 saturated heterocycles. The maximum absolute atomic E-state index is 9.93. The number of aromatic amines is 1. The first kappa shape index (κ1) is 15.4. The largest absolute Gasteiger partial charge is 0.493 e. The smallest absolute Gasteiger partial charge is 0.218 e. The molecule has 1 fully saturated rings. The Bertz CT molecular complexity index is 725. The lowest BCUT2D eigenvalue weighted by molar-refractivity contribution is 0.114. The molecule has 2 aromatic rings. The number of rotatable bonds is 3. The van der Waals surface area contributed by atoms with Gasteiger partial charge in [-0.3, -0.25) is 0 Å². The zero-order valence-electron chi connectivity index (χ0n) is 11.7. The lowest BCUT2D eigenvalue weighted by Crippen LogP contribution is -2.29. The first-order valence-corrected chi connectivity index (χ1v) is 8.15. The molecule has 0 amide bonds. The Morgan fingerprint density at radius 3 is 3.18 bits per heavy atom. The van der Waals surface area contributed by atoms with Crippen LogP contribution in [0.2, 0.25) is 0 Å². The maximum atomic E-state index is 9.93. The molecule has 0 bridgehead atoms. The molecule has 1 aliphatic heterocycles. The van der Waals surface area contributed by atoms with Crippen molar-refractivity contribution >= 4 is 49.9 Å². The van der Waals surface area contributed by atoms with Crippen LogP contribution in [0, 0.1) is 0 Å². The molecule has 116 valence electrons. The third-order valence-corrected chi connectivity index (χ3v) is 4.18. The molecule has 6 nitrogen and oxygen atoms in total. The number of fused-ring (bicyclic) bond motifs is 1. The number of thiocarbonyl (C=S) groups is 1. The fourth-order valence-electron chi connectivity index (χ4n) is 2.37. The van der Waals surface area contributed by atoms with Gasteiger partial charge in [-0.1, -0.05) is 15.9 Å². The van der Waals surface area contributed by atoms with Crippen molar-refractivity contribution in [3.05, 3.63) is 22.7 Å². The van der Waals surface area contributed by atoms with Crippen molar-refractivity contribution in [1.29, 1.82) is 0 Å². The Morgan fingerprint density at radius 2 is 2.41 bits per heavy atom. The minimum Gasteiger partial charge on any atom is -0.493 e. The standard InChI is InChI=1S/C14H15BrN4O2S/c15-8-3-4-11-10(6-8)12(13(20)17-11)18-19-14(22)16-7-9-2-1-5-21-9/h3-4,6,9,17,20H,1-2,5,7H2,(H,16,22). The summed E-state index contributed by atoms with van der Waals surface area (Å²) in [4.78, 5) is 2.85. The zero-order valence-corrected chi connectivity index (χ0v) is 14.1. The number of hydrogen-bond acceptors (Lipinski definition) is 4. The fraction of sp³-hybridized carbons (Fsp3) is 0.357. The first-order chi connectivity index (χ1) is 10.6. The Labute approximate surface area is 141 Å². The molecule has 22 heavy (non-hydrogen) atoms. The van der Waals surface area contributed by atoms with E-state index in [1.54, 1.807) is 0 Å². The Hall–Kier alpha value is -1.51. The number of benzene rings is 1. The van der Waals surface area contributed by atoms with E-state index >= 15 is 0 Å². The summed E-state index contributed by atoms with van der Waals surface area (Å²) in [5.41, 5.74) is 1.16. The highest BCUT2D eigenvalue weighted by atomic mass is 79.9. The van der Waals surface area contributed by atoms with Crippen LogP contribution in [0.5, 0.6) is 5.88 Å². The molecule has 3 rings (SSSR count). The summed E-state index contributed by atoms with van der Waals surface area (Å²) < 4.78 is 6.40. The second-order valence-electron chi connectivity index (χ2n) is 5.03. The number of aromatic nitrogens is 1. The Balaban J connectivity index is 1.70. The van der Waals surface area contributed by atoms with Gasteiger partial charge < -0.3 is 20.1 Å². The topological polar surface area (TPSA) is 82.0 Å². The number of H-pyrrole nitrogens is 1. The van der Waals surface area contributed by atoms with Crippen molar-refractivity contribution in [2.45, 2.75) is 18.9 Å². The number of aromatic hydroxyl groups is 1. The van der Waals surface area contributed by atoms with Gasteiger partial charge in [-0.25, -0.2) is 0 Å². The predicted molar refractivity (Wildman–Crippen MR) is 91.8 cm³/mol. The van der Waals surface area contributed by atoms with Crippen LogP contribution in [0.15, 0.2) is 32.9 Å². The van der Waals surface area contributed by atoms with Gasteiger partial charge in [0.25, 0.3) is 0 Å². The summed E-state index contributed by atoms with van der Waals surface area (Å²) in [6, 6.07) is 5.60. The van der Waals surface area contributed by atoms with Crippen LogP contribution in [-0.2, 0) is 4.74 Å². The minimum absolute atomic E-state index is 0.0289. The molecule has 1 unspecified atom stereocenters. The van der Waals surface area contributed by atoms with E-state index in [0.29, 0.717) is 12.2 Å². The van der Waals surface area contributed by atoms with Gasteiger partial charge in [-0.2, -0.15) is 0 Å². The number of nitrogens with one attached hydrogen (secondary N) is 2. The SMILES string of the molecule is Oc1[nH]c2ccc(Br)cc2c1N=NC(=S)NCC1CCCO1. The van der Waals surface area contributed by atoms with Gasteiger partial charge in [-0.05, 0) is 43.3 Å². The summed E-state index contributed by atoms with van der Waals surface area (Å²) in [7, 11) is 0. The molecular weight excluding hydrogens is 368 g/mol. The summed E-state index contributed by atoms with van der Waals surface area (Å²) >= 11 is 8.52. The van der Waals surface area contributed by atoms with Crippen molar-refractivity contribution in [2.75, 3.05) is 13.2 Å². The molecular formula is C14H15BrN4O2S. The van der Waals surface area contributed by atoms with Crippen LogP contribution in [0.25, 0.3) is 10.9 Å². The van der Waals surface area contributed by atoms with Crippen LogP contribution in [0.4, 0.5) is 5.69 Å². The normalized spacial score (nSPS) is 18.3. The second kappa shape index (κ2) is 6.72. The van der Waals surface area contributed by atoms with E-state index in [2.05, 4.69) is 36.5 Å². The van der Waals surface area contributed by atoms with Crippen molar-refractivity contribution < 1.29 is 9.84 Å². The minimum atomic E-state index is -0.0289. The maximum Gasteiger partial charge on any atom is 0.218 e. The molecule has 1 aliphatic rings. The van der Waals surface area contributed by atoms with E-state index in [9.17, 15) is 5.11 Å². The van der Waals surface area contributed by atoms with Crippen LogP contribution >= 0.6 is 28.1 Å². The summed E-state index contributed by atoms with van der Waals surface area (Å²) in [6.07, 6.45) is 2.30. The van der Waals surface area contributed by atoms with Crippen molar-refractivity contribution in [1.82, 2.24) is 10.3 Å². The van der Waals surface area contributed by atoms with E-state index in [1.165, 1.54) is 0 Å². The third kappa shape index (κ3) is 3.45. The Morgan fingerprint density at radius 1 is 1.55 bits per heavy atom. The molecule has 3 N–H and O–H groups in total. The lowest BCUT2D eigenvalue weighted by atomic mass is 10.2. The highest BCUT2D eigenvalue weighted by molar-refractivity contribution is 9.10. The van der Waals surface area contributed by atoms with Crippen LogP contribution < -0.4 is 5.32 Å². The average Bonchev–Trinajstić information content (AvgIpc) is 3.10. The van der Waals surface area contributed by atoms with E-state index in [-0.39, 0.29) is 17.1 Å². The monoisotopic (exact) mass is 382 g/mol. The number of ether oxygens (including phenoxy) is 1. The van der Waals surface area contributed by atoms with Gasteiger partial charge in [-0.15, -0.1) is 10.2 Å². The molecule has 0 aliphatic carbocycles. The van der Waals surface area contributed by atoms with Crippen LogP contribution in [0.1, 0.15) is 12.8 Å². The third-order valence-electron chi connectivity index (χ3n) is 3.46. The van der Waals surface area contributed by atoms with E-state index < -0.39 is 0 Å². The molecule has 8 heteroatoms. The first-order valence-electron chi connectivity index (χ1n) is 6.95. The second-order valence-corrected chi connectivity index (χ2v) is 6.34. The van der Waals surface area contributed by atoms with Crippen molar-refractivity contribution in [3.63, 3.8) is 0 Å². The molecule has 1 aromatic heterocycles. The lowest BCUT2D eigenvalue weighted by Gasteiger charge is -2.09. The summed E-state index contributed by atoms with van der Waals surface area (Å²) in [5, 5.41) is 22.0. The van der Waals surface area contributed by atoms with Gasteiger partial charge in [0, 0.05) is 23.0 Å². The molecule has 1 atom stereocenters. The zero-order chi connectivity index (χ0) is 15.5. The molecule has 2 heterocycles. The number of azo groups is 1. The van der Waals surface area contributed by atoms with Gasteiger partial charge in [0.1, 0.15) is 0 Å². The number of hydrogen-bond donors (Lipinski definition) is 3. The van der Waals surface area contributed by atoms with Gasteiger partial charge in [0.15, 0.2) is 5.69 Å². The number of nitrogens with zero attached hydrogens (tertiary/aromatic N) is 2. The van der Waals surface area contributed by atoms with Crippen molar-refractivity contribution in [2.24, 2.45) is 10.2 Å². The molecule has 0 spiro atoms. The van der Waals surface area contributed by atoms with Crippen molar-refractivity contribution in [3.8, 4) is 5.88 Å². The average molecular weight is 383 g/mol. The summed E-state index contributed by atoms with van der Waals surface area (Å²) in [5.74, 6) is -0.0289. The van der Waals surface area contributed by atoms with Gasteiger partial charge in [0.05, 0.1) is 11.6 Å². The fourth-order valence-corrected chi connectivity index (χ4v) is 2.86. The van der Waals surface area contributed by atoms with Crippen LogP contribution in [0.3, 0.4) is 0 Å². The highest BCUT2D eigenvalue weighted by Crippen LogP contribution is 2.36. The van der Waals surface area contributed by atoms with E-state index in [1.807, 2.05) is 18.2 Å². The quantitative estimate of drug-likeness (QED) is 0.557. The predicted octanol–water partition coefficient (Wildman–Crippen LogP) is 3.77. The van der Waals surface area contributed by atoms with Gasteiger partial charge in [0.2, 0.25) is 11.0 Å². The number of halogens is 1. The highest BCUT2D eigenvalue weighted by Gasteiger charge is 2.15. The molecule has 1 aromatic carbocycles. The Kier molecular flexibility index (Phi) is 4.70. The molecule has 0 radical (unpaired) electrons. The van der Waals surface area contributed by atoms with Gasteiger partial charge >= 0.3 is 0 Å². The molecule has 0 saturated carbocycles. The van der Waals surface area contributed by atoms with E-state index in [0.717, 1.165) is 34.8 Å².